The zero-order valence-electron chi connectivity index (χ0n) is 11.2. The summed E-state index contributed by atoms with van der Waals surface area (Å²) in [6.07, 6.45) is 0.752. The molecule has 0 saturated carbocycles. The van der Waals surface area contributed by atoms with Gasteiger partial charge in [-0.1, -0.05) is 18.2 Å². The summed E-state index contributed by atoms with van der Waals surface area (Å²) in [5.74, 6) is 0.426. The Hall–Kier alpha value is -2.54. The van der Waals surface area contributed by atoms with Crippen LogP contribution in [0.5, 0.6) is 5.75 Å². The summed E-state index contributed by atoms with van der Waals surface area (Å²) in [6.45, 7) is 0.634. The lowest BCUT2D eigenvalue weighted by Gasteiger charge is -2.10. The third-order valence-corrected chi connectivity index (χ3v) is 2.94. The highest BCUT2D eigenvalue weighted by Crippen LogP contribution is 2.18. The molecule has 0 radical (unpaired) electrons. The van der Waals surface area contributed by atoms with Crippen LogP contribution in [-0.4, -0.2) is 13.7 Å². The van der Waals surface area contributed by atoms with Crippen LogP contribution < -0.4 is 10.1 Å². The zero-order chi connectivity index (χ0) is 14.4. The van der Waals surface area contributed by atoms with Gasteiger partial charge in [-0.25, -0.2) is 4.39 Å². The van der Waals surface area contributed by atoms with Gasteiger partial charge in [-0.2, -0.15) is 5.26 Å². The van der Waals surface area contributed by atoms with Gasteiger partial charge >= 0.3 is 0 Å². The number of ether oxygens (including phenoxy) is 1. The monoisotopic (exact) mass is 270 g/mol. The van der Waals surface area contributed by atoms with Crippen LogP contribution in [0.1, 0.15) is 11.1 Å². The smallest absolute Gasteiger partial charge is 0.126 e. The molecular formula is C16H15FN2O. The van der Waals surface area contributed by atoms with Crippen molar-refractivity contribution in [2.75, 3.05) is 19.0 Å². The lowest BCUT2D eigenvalue weighted by molar-refractivity contribution is 0.410. The molecule has 0 bridgehead atoms. The highest BCUT2D eigenvalue weighted by molar-refractivity contribution is 5.50. The molecule has 0 aliphatic heterocycles. The largest absolute Gasteiger partial charge is 0.496 e. The van der Waals surface area contributed by atoms with Crippen molar-refractivity contribution >= 4 is 5.69 Å². The minimum absolute atomic E-state index is 0.310. The molecule has 2 rings (SSSR count). The first-order chi connectivity index (χ1) is 9.72. The SMILES string of the molecule is COc1ccccc1CCNc1cc(F)cc(C#N)c1. The summed E-state index contributed by atoms with van der Waals surface area (Å²) in [6, 6.07) is 13.9. The highest BCUT2D eigenvalue weighted by Gasteiger charge is 2.03. The van der Waals surface area contributed by atoms with E-state index in [1.54, 1.807) is 13.2 Å². The van der Waals surface area contributed by atoms with Crippen molar-refractivity contribution in [3.8, 4) is 11.8 Å². The fraction of sp³-hybridized carbons (Fsp3) is 0.188. The Morgan fingerprint density at radius 1 is 1.25 bits per heavy atom. The minimum Gasteiger partial charge on any atom is -0.496 e. The number of nitrogens with zero attached hydrogens (tertiary/aromatic N) is 1. The fourth-order valence-corrected chi connectivity index (χ4v) is 2.01. The van der Waals surface area contributed by atoms with Gasteiger partial charge in [-0.3, -0.25) is 0 Å². The molecule has 0 saturated heterocycles. The van der Waals surface area contributed by atoms with Gasteiger partial charge < -0.3 is 10.1 Å². The van der Waals surface area contributed by atoms with Crippen molar-refractivity contribution in [2.24, 2.45) is 0 Å². The van der Waals surface area contributed by atoms with E-state index in [2.05, 4.69) is 5.32 Å². The van der Waals surface area contributed by atoms with Crippen molar-refractivity contribution in [3.05, 3.63) is 59.4 Å². The van der Waals surface area contributed by atoms with E-state index in [4.69, 9.17) is 10.00 Å². The number of nitrogens with one attached hydrogen (secondary N) is 1. The molecule has 102 valence electrons. The minimum atomic E-state index is -0.413. The molecule has 2 aromatic rings. The van der Waals surface area contributed by atoms with Gasteiger partial charge in [0, 0.05) is 12.2 Å². The van der Waals surface area contributed by atoms with Crippen LogP contribution in [0, 0.1) is 17.1 Å². The molecular weight excluding hydrogens is 255 g/mol. The Bertz CT molecular complexity index is 635. The molecule has 3 nitrogen and oxygen atoms in total. The predicted octanol–water partition coefficient (Wildman–Crippen LogP) is 3.36. The van der Waals surface area contributed by atoms with Crippen LogP contribution in [0.4, 0.5) is 10.1 Å². The Morgan fingerprint density at radius 3 is 2.80 bits per heavy atom. The van der Waals surface area contributed by atoms with Crippen LogP contribution >= 0.6 is 0 Å². The maximum Gasteiger partial charge on any atom is 0.126 e. The van der Waals surface area contributed by atoms with Gasteiger partial charge in [0.25, 0.3) is 0 Å². The third kappa shape index (κ3) is 3.48. The van der Waals surface area contributed by atoms with E-state index >= 15 is 0 Å². The molecule has 4 heteroatoms. The first-order valence-electron chi connectivity index (χ1n) is 6.29. The molecule has 1 N–H and O–H groups in total. The van der Waals surface area contributed by atoms with Gasteiger partial charge in [0.15, 0.2) is 0 Å². The van der Waals surface area contributed by atoms with Gasteiger partial charge in [0.05, 0.1) is 18.7 Å². The predicted molar refractivity (Wildman–Crippen MR) is 76.3 cm³/mol. The van der Waals surface area contributed by atoms with Gasteiger partial charge in [0.2, 0.25) is 0 Å². The average molecular weight is 270 g/mol. The van der Waals surface area contributed by atoms with Crippen molar-refractivity contribution in [2.45, 2.75) is 6.42 Å². The number of rotatable bonds is 5. The Kier molecular flexibility index (Phi) is 4.56. The van der Waals surface area contributed by atoms with Crippen LogP contribution in [0.25, 0.3) is 0 Å². The molecule has 0 fully saturated rings. The number of benzene rings is 2. The Morgan fingerprint density at radius 2 is 2.05 bits per heavy atom. The fourth-order valence-electron chi connectivity index (χ4n) is 2.01. The van der Waals surface area contributed by atoms with Gasteiger partial charge in [-0.15, -0.1) is 0 Å². The third-order valence-electron chi connectivity index (χ3n) is 2.94. The Labute approximate surface area is 117 Å². The van der Waals surface area contributed by atoms with E-state index in [9.17, 15) is 4.39 Å². The first kappa shape index (κ1) is 13.9. The van der Waals surface area contributed by atoms with Crippen LogP contribution in [0.3, 0.4) is 0 Å². The standard InChI is InChI=1S/C16H15FN2O/c1-20-16-5-3-2-4-13(16)6-7-19-15-9-12(11-18)8-14(17)10-15/h2-5,8-10,19H,6-7H2,1H3. The highest BCUT2D eigenvalue weighted by atomic mass is 19.1. The molecule has 0 heterocycles. The van der Waals surface area contributed by atoms with Crippen LogP contribution in [0.15, 0.2) is 42.5 Å². The lowest BCUT2D eigenvalue weighted by atomic mass is 10.1. The lowest BCUT2D eigenvalue weighted by Crippen LogP contribution is -2.06. The van der Waals surface area contributed by atoms with E-state index in [0.717, 1.165) is 17.7 Å². The van der Waals surface area contributed by atoms with Gasteiger partial charge in [-0.05, 0) is 36.2 Å². The van der Waals surface area contributed by atoms with Crippen molar-refractivity contribution < 1.29 is 9.13 Å². The summed E-state index contributed by atoms with van der Waals surface area (Å²) in [5.41, 5.74) is 2.00. The molecule has 0 spiro atoms. The topological polar surface area (TPSA) is 45.0 Å². The maximum atomic E-state index is 13.3. The quantitative estimate of drug-likeness (QED) is 0.906. The van der Waals surface area contributed by atoms with E-state index in [1.165, 1.54) is 12.1 Å². The second-order valence-corrected chi connectivity index (χ2v) is 4.33. The molecule has 0 aliphatic carbocycles. The maximum absolute atomic E-state index is 13.3. The second kappa shape index (κ2) is 6.58. The molecule has 0 amide bonds. The van der Waals surface area contributed by atoms with Crippen molar-refractivity contribution in [3.63, 3.8) is 0 Å². The normalized spacial score (nSPS) is 9.85. The van der Waals surface area contributed by atoms with E-state index in [1.807, 2.05) is 30.3 Å². The number of hydrogen-bond donors (Lipinski definition) is 1. The van der Waals surface area contributed by atoms with Crippen LogP contribution in [0.2, 0.25) is 0 Å². The second-order valence-electron chi connectivity index (χ2n) is 4.33. The summed E-state index contributed by atoms with van der Waals surface area (Å²) in [5, 5.41) is 11.9. The number of methoxy groups -OCH3 is 1. The first-order valence-corrected chi connectivity index (χ1v) is 6.29. The average Bonchev–Trinajstić information content (AvgIpc) is 2.47. The summed E-state index contributed by atoms with van der Waals surface area (Å²) in [7, 11) is 1.64. The van der Waals surface area contributed by atoms with E-state index < -0.39 is 5.82 Å². The molecule has 2 aromatic carbocycles. The number of hydrogen-bond acceptors (Lipinski definition) is 3. The number of nitriles is 1. The number of anilines is 1. The van der Waals surface area contributed by atoms with Crippen molar-refractivity contribution in [1.29, 1.82) is 5.26 Å². The molecule has 0 aromatic heterocycles. The molecule has 0 aliphatic rings. The summed E-state index contributed by atoms with van der Waals surface area (Å²) in [4.78, 5) is 0. The number of halogens is 1. The van der Waals surface area contributed by atoms with Crippen LogP contribution in [-0.2, 0) is 6.42 Å². The zero-order valence-corrected chi connectivity index (χ0v) is 11.2. The van der Waals surface area contributed by atoms with Crippen molar-refractivity contribution in [1.82, 2.24) is 0 Å². The van der Waals surface area contributed by atoms with Gasteiger partial charge in [0.1, 0.15) is 11.6 Å². The Balaban J connectivity index is 1.99. The molecule has 0 unspecified atom stereocenters. The summed E-state index contributed by atoms with van der Waals surface area (Å²) >= 11 is 0. The molecule has 20 heavy (non-hydrogen) atoms. The number of para-hydroxylation sites is 1. The summed E-state index contributed by atoms with van der Waals surface area (Å²) < 4.78 is 18.5. The molecule has 0 atom stereocenters. The van der Waals surface area contributed by atoms with E-state index in [0.29, 0.717) is 17.8 Å². The van der Waals surface area contributed by atoms with E-state index in [-0.39, 0.29) is 0 Å².